The smallest absolute Gasteiger partial charge is 0.227 e. The molecule has 0 aromatic rings. The van der Waals surface area contributed by atoms with E-state index in [1.165, 1.54) is 0 Å². The van der Waals surface area contributed by atoms with Crippen molar-refractivity contribution in [2.24, 2.45) is 5.92 Å². The van der Waals surface area contributed by atoms with Crippen LogP contribution in [-0.2, 0) is 9.53 Å². The van der Waals surface area contributed by atoms with Crippen LogP contribution in [0, 0.1) is 5.92 Å². The Balaban J connectivity index is 2.04. The highest BCUT2D eigenvalue weighted by atomic mass is 16.5. The Bertz CT molecular complexity index is 332. The number of hydrogen-bond donors (Lipinski definition) is 1. The zero-order chi connectivity index (χ0) is 15.2. The third kappa shape index (κ3) is 4.64. The van der Waals surface area contributed by atoms with E-state index in [2.05, 4.69) is 9.80 Å². The van der Waals surface area contributed by atoms with E-state index in [1.807, 2.05) is 14.1 Å². The first kappa shape index (κ1) is 16.7. The van der Waals surface area contributed by atoms with Gasteiger partial charge in [0.05, 0.1) is 12.5 Å². The predicted octanol–water partition coefficient (Wildman–Crippen LogP) is -0.520. The molecule has 2 fully saturated rings. The lowest BCUT2D eigenvalue weighted by Crippen LogP contribution is -2.45. The summed E-state index contributed by atoms with van der Waals surface area (Å²) < 4.78 is 5.45. The number of β-amino-alcohol motifs (C(OH)–C–C–N with tert-alkyl or cyclic N) is 1. The normalized spacial score (nSPS) is 26.5. The van der Waals surface area contributed by atoms with Crippen molar-refractivity contribution in [2.45, 2.75) is 18.9 Å². The molecule has 2 saturated heterocycles. The fraction of sp³-hybridized carbons (Fsp3) is 0.933. The Hall–Kier alpha value is -0.690. The monoisotopic (exact) mass is 299 g/mol. The highest BCUT2D eigenvalue weighted by molar-refractivity contribution is 5.78. The molecule has 0 aromatic heterocycles. The summed E-state index contributed by atoms with van der Waals surface area (Å²) in [6.07, 6.45) is 2.12. The Labute approximate surface area is 127 Å². The van der Waals surface area contributed by atoms with Gasteiger partial charge in [-0.25, -0.2) is 0 Å². The van der Waals surface area contributed by atoms with Crippen molar-refractivity contribution in [2.75, 3.05) is 66.6 Å². The fourth-order valence-electron chi connectivity index (χ4n) is 3.35. The van der Waals surface area contributed by atoms with Gasteiger partial charge in [-0.05, 0) is 12.8 Å². The molecule has 2 aliphatic heterocycles. The van der Waals surface area contributed by atoms with Gasteiger partial charge in [0.1, 0.15) is 0 Å². The van der Waals surface area contributed by atoms with Crippen LogP contribution in [-0.4, -0.2) is 98.4 Å². The number of carbonyl (C=O) groups is 1. The molecule has 2 aliphatic rings. The molecule has 21 heavy (non-hydrogen) atoms. The van der Waals surface area contributed by atoms with Crippen molar-refractivity contribution in [3.63, 3.8) is 0 Å². The lowest BCUT2D eigenvalue weighted by molar-refractivity contribution is -0.134. The van der Waals surface area contributed by atoms with Crippen molar-refractivity contribution in [1.29, 1.82) is 0 Å². The summed E-state index contributed by atoms with van der Waals surface area (Å²) in [6, 6.07) is 0.533. The van der Waals surface area contributed by atoms with Crippen LogP contribution in [0.25, 0.3) is 0 Å². The van der Waals surface area contributed by atoms with Gasteiger partial charge in [-0.2, -0.15) is 0 Å². The number of hydrogen-bond acceptors (Lipinski definition) is 5. The van der Waals surface area contributed by atoms with Crippen molar-refractivity contribution in [3.05, 3.63) is 0 Å². The van der Waals surface area contributed by atoms with Gasteiger partial charge in [-0.3, -0.25) is 14.6 Å². The average molecular weight is 299 g/mol. The molecule has 1 amide bonds. The minimum Gasteiger partial charge on any atom is -0.395 e. The molecule has 2 rings (SSSR count). The molecule has 0 spiro atoms. The van der Waals surface area contributed by atoms with Crippen LogP contribution in [0.1, 0.15) is 12.8 Å². The van der Waals surface area contributed by atoms with E-state index in [4.69, 9.17) is 4.74 Å². The largest absolute Gasteiger partial charge is 0.395 e. The number of amides is 1. The summed E-state index contributed by atoms with van der Waals surface area (Å²) in [4.78, 5) is 18.8. The maximum atomic E-state index is 12.4. The van der Waals surface area contributed by atoms with Gasteiger partial charge in [0.25, 0.3) is 0 Å². The first-order valence-electron chi connectivity index (χ1n) is 7.98. The van der Waals surface area contributed by atoms with E-state index in [1.54, 1.807) is 4.90 Å². The number of nitrogens with zero attached hydrogens (tertiary/aromatic N) is 3. The van der Waals surface area contributed by atoms with Crippen LogP contribution >= 0.6 is 0 Å². The van der Waals surface area contributed by atoms with Crippen LogP contribution < -0.4 is 0 Å². The summed E-state index contributed by atoms with van der Waals surface area (Å²) in [5, 5.41) is 9.19. The molecule has 1 atom stereocenters. The van der Waals surface area contributed by atoms with Crippen LogP contribution in [0.3, 0.4) is 0 Å². The molecule has 1 N–H and O–H groups in total. The number of ether oxygens (including phenoxy) is 1. The van der Waals surface area contributed by atoms with E-state index in [9.17, 15) is 9.90 Å². The molecule has 6 nitrogen and oxygen atoms in total. The van der Waals surface area contributed by atoms with E-state index in [0.29, 0.717) is 12.6 Å². The average Bonchev–Trinajstić information content (AvgIpc) is 2.70. The summed E-state index contributed by atoms with van der Waals surface area (Å²) in [5.41, 5.74) is 0. The third-order valence-electron chi connectivity index (χ3n) is 4.55. The molecule has 0 aliphatic carbocycles. The fourth-order valence-corrected chi connectivity index (χ4v) is 3.35. The highest BCUT2D eigenvalue weighted by Gasteiger charge is 2.32. The Morgan fingerprint density at radius 2 is 1.95 bits per heavy atom. The molecule has 0 aromatic carbocycles. The van der Waals surface area contributed by atoms with Crippen LogP contribution in [0.2, 0.25) is 0 Å². The van der Waals surface area contributed by atoms with E-state index in [-0.39, 0.29) is 18.4 Å². The number of carbonyl (C=O) groups excluding carboxylic acids is 1. The van der Waals surface area contributed by atoms with E-state index in [0.717, 1.165) is 52.2 Å². The van der Waals surface area contributed by atoms with Gasteiger partial charge in [0.15, 0.2) is 0 Å². The quantitative estimate of drug-likeness (QED) is 0.757. The van der Waals surface area contributed by atoms with Crippen LogP contribution in [0.5, 0.6) is 0 Å². The zero-order valence-corrected chi connectivity index (χ0v) is 13.3. The topological polar surface area (TPSA) is 56.2 Å². The standard InChI is InChI=1S/C15H29N3O3/c1-16(2)15(20)13-11-17(7-8-19)5-6-18(12-13)14-3-9-21-10-4-14/h13-14,19H,3-12H2,1-2H3/t13-/m1/s1. The molecule has 0 bridgehead atoms. The van der Waals surface area contributed by atoms with Gasteiger partial charge >= 0.3 is 0 Å². The maximum Gasteiger partial charge on any atom is 0.227 e. The van der Waals surface area contributed by atoms with Gasteiger partial charge in [-0.1, -0.05) is 0 Å². The van der Waals surface area contributed by atoms with Gasteiger partial charge in [0, 0.05) is 66.1 Å². The van der Waals surface area contributed by atoms with Crippen molar-refractivity contribution in [3.8, 4) is 0 Å². The van der Waals surface area contributed by atoms with Crippen molar-refractivity contribution < 1.29 is 14.6 Å². The first-order valence-corrected chi connectivity index (χ1v) is 7.98. The highest BCUT2D eigenvalue weighted by Crippen LogP contribution is 2.19. The number of aliphatic hydroxyl groups is 1. The first-order chi connectivity index (χ1) is 10.1. The lowest BCUT2D eigenvalue weighted by Gasteiger charge is -2.34. The molecule has 2 heterocycles. The maximum absolute atomic E-state index is 12.4. The van der Waals surface area contributed by atoms with E-state index < -0.39 is 0 Å². The van der Waals surface area contributed by atoms with Gasteiger partial charge in [0.2, 0.25) is 5.91 Å². The minimum absolute atomic E-state index is 0.00288. The zero-order valence-electron chi connectivity index (χ0n) is 13.3. The van der Waals surface area contributed by atoms with Gasteiger partial charge < -0.3 is 14.7 Å². The number of rotatable bonds is 4. The summed E-state index contributed by atoms with van der Waals surface area (Å²) in [5.74, 6) is 0.189. The lowest BCUT2D eigenvalue weighted by atomic mass is 10.0. The second-order valence-corrected chi connectivity index (χ2v) is 6.29. The molecule has 0 saturated carbocycles. The Morgan fingerprint density at radius 1 is 1.24 bits per heavy atom. The third-order valence-corrected chi connectivity index (χ3v) is 4.55. The molecule has 6 heteroatoms. The molecule has 0 radical (unpaired) electrons. The molecule has 122 valence electrons. The predicted molar refractivity (Wildman–Crippen MR) is 81.1 cm³/mol. The van der Waals surface area contributed by atoms with Crippen molar-refractivity contribution >= 4 is 5.91 Å². The molecular formula is C15H29N3O3. The molecular weight excluding hydrogens is 270 g/mol. The van der Waals surface area contributed by atoms with E-state index >= 15 is 0 Å². The SMILES string of the molecule is CN(C)C(=O)[C@@H]1CN(CCO)CCN(C2CCOCC2)C1. The van der Waals surface area contributed by atoms with Gasteiger partial charge in [-0.15, -0.1) is 0 Å². The van der Waals surface area contributed by atoms with Crippen molar-refractivity contribution in [1.82, 2.24) is 14.7 Å². The van der Waals surface area contributed by atoms with Crippen LogP contribution in [0.4, 0.5) is 0 Å². The summed E-state index contributed by atoms with van der Waals surface area (Å²) in [7, 11) is 3.64. The second kappa shape index (κ2) is 8.08. The minimum atomic E-state index is -0.00288. The summed E-state index contributed by atoms with van der Waals surface area (Å²) >= 11 is 0. The second-order valence-electron chi connectivity index (χ2n) is 6.29. The molecule has 0 unspecified atom stereocenters. The Morgan fingerprint density at radius 3 is 2.57 bits per heavy atom. The Kier molecular flexibility index (Phi) is 6.41. The number of aliphatic hydroxyl groups excluding tert-OH is 1. The van der Waals surface area contributed by atoms with Crippen LogP contribution in [0.15, 0.2) is 0 Å². The summed E-state index contributed by atoms with van der Waals surface area (Å²) in [6.45, 7) is 5.93.